The number of rotatable bonds is 2. The van der Waals surface area contributed by atoms with E-state index >= 15 is 0 Å². The Labute approximate surface area is 156 Å². The number of amides is 1. The fourth-order valence-electron chi connectivity index (χ4n) is 2.75. The van der Waals surface area contributed by atoms with Gasteiger partial charge < -0.3 is 14.8 Å². The Bertz CT molecular complexity index is 921. The first-order chi connectivity index (χ1) is 12.7. The van der Waals surface area contributed by atoms with Crippen LogP contribution in [0.25, 0.3) is 6.08 Å². The molecule has 0 spiro atoms. The van der Waals surface area contributed by atoms with Crippen LogP contribution in [0.15, 0.2) is 52.4 Å². The largest absolute Gasteiger partial charge is 0.490 e. The van der Waals surface area contributed by atoms with Gasteiger partial charge >= 0.3 is 0 Å². The van der Waals surface area contributed by atoms with Crippen LogP contribution < -0.4 is 14.8 Å². The molecule has 26 heavy (non-hydrogen) atoms. The number of aryl methyl sites for hydroxylation is 1. The van der Waals surface area contributed by atoms with E-state index in [1.54, 1.807) is 0 Å². The van der Waals surface area contributed by atoms with E-state index in [-0.39, 0.29) is 5.91 Å². The molecule has 0 aliphatic carbocycles. The van der Waals surface area contributed by atoms with Gasteiger partial charge in [0.2, 0.25) is 0 Å². The summed E-state index contributed by atoms with van der Waals surface area (Å²) >= 11 is 1.33. The van der Waals surface area contributed by atoms with E-state index in [0.717, 1.165) is 23.2 Å². The topological polar surface area (TPSA) is 59.9 Å². The third-order valence-corrected chi connectivity index (χ3v) is 4.99. The fraction of sp³-hybridized carbons (Fsp3) is 0.200. The zero-order valence-electron chi connectivity index (χ0n) is 14.3. The first-order valence-corrected chi connectivity index (χ1v) is 9.26. The Morgan fingerprint density at radius 2 is 1.96 bits per heavy atom. The lowest BCUT2D eigenvalue weighted by Crippen LogP contribution is -2.19. The smallest absolute Gasteiger partial charge is 0.264 e. The molecule has 0 bridgehead atoms. The molecule has 4 rings (SSSR count). The van der Waals surface area contributed by atoms with Crippen molar-refractivity contribution in [2.45, 2.75) is 13.3 Å². The van der Waals surface area contributed by atoms with Gasteiger partial charge in [-0.15, -0.1) is 0 Å². The second-order valence-electron chi connectivity index (χ2n) is 5.99. The lowest BCUT2D eigenvalue weighted by atomic mass is 10.1. The summed E-state index contributed by atoms with van der Waals surface area (Å²) in [5.74, 6) is 1.25. The molecule has 2 aromatic carbocycles. The van der Waals surface area contributed by atoms with Gasteiger partial charge in [-0.25, -0.2) is 4.99 Å². The van der Waals surface area contributed by atoms with Crippen molar-refractivity contribution in [1.82, 2.24) is 5.32 Å². The number of fused-ring (bicyclic) bond motifs is 1. The van der Waals surface area contributed by atoms with Crippen LogP contribution in [-0.2, 0) is 4.79 Å². The summed E-state index contributed by atoms with van der Waals surface area (Å²) in [6, 6.07) is 13.5. The van der Waals surface area contributed by atoms with Gasteiger partial charge in [0.25, 0.3) is 5.91 Å². The molecule has 0 saturated carbocycles. The second kappa shape index (κ2) is 7.25. The van der Waals surface area contributed by atoms with Gasteiger partial charge in [-0.05, 0) is 42.5 Å². The second-order valence-corrected chi connectivity index (χ2v) is 7.02. The molecular weight excluding hydrogens is 348 g/mol. The molecule has 1 saturated heterocycles. The van der Waals surface area contributed by atoms with E-state index in [4.69, 9.17) is 9.47 Å². The van der Waals surface area contributed by atoms with Gasteiger partial charge in [0, 0.05) is 12.0 Å². The molecule has 0 unspecified atom stereocenters. The molecule has 2 aliphatic heterocycles. The number of thioether (sulfide) groups is 1. The van der Waals surface area contributed by atoms with Gasteiger partial charge in [-0.3, -0.25) is 4.79 Å². The van der Waals surface area contributed by atoms with Crippen molar-refractivity contribution in [3.05, 3.63) is 58.5 Å². The molecule has 2 aromatic rings. The van der Waals surface area contributed by atoms with Crippen LogP contribution >= 0.6 is 11.8 Å². The zero-order chi connectivity index (χ0) is 17.9. The molecule has 0 aromatic heterocycles. The van der Waals surface area contributed by atoms with Crippen molar-refractivity contribution in [3.8, 4) is 11.5 Å². The Hall–Kier alpha value is -2.73. The molecule has 1 fully saturated rings. The van der Waals surface area contributed by atoms with Crippen molar-refractivity contribution in [2.75, 3.05) is 13.2 Å². The van der Waals surface area contributed by atoms with Crippen LogP contribution in [0.2, 0.25) is 0 Å². The molecule has 2 heterocycles. The Morgan fingerprint density at radius 3 is 2.85 bits per heavy atom. The van der Waals surface area contributed by atoms with Gasteiger partial charge in [-0.1, -0.05) is 30.3 Å². The van der Waals surface area contributed by atoms with Crippen LogP contribution in [0, 0.1) is 6.92 Å². The highest BCUT2D eigenvalue weighted by molar-refractivity contribution is 8.18. The molecule has 0 atom stereocenters. The summed E-state index contributed by atoms with van der Waals surface area (Å²) in [5, 5.41) is 3.40. The van der Waals surface area contributed by atoms with E-state index in [9.17, 15) is 4.79 Å². The molecule has 1 amide bonds. The van der Waals surface area contributed by atoms with Crippen LogP contribution in [0.5, 0.6) is 11.5 Å². The van der Waals surface area contributed by atoms with Crippen LogP contribution in [-0.4, -0.2) is 24.3 Å². The maximum absolute atomic E-state index is 12.3. The summed E-state index contributed by atoms with van der Waals surface area (Å²) in [4.78, 5) is 17.5. The number of nitrogens with zero attached hydrogens (tertiary/aromatic N) is 1. The highest BCUT2D eigenvalue weighted by atomic mass is 32.2. The normalized spacial score (nSPS) is 19.5. The van der Waals surface area contributed by atoms with Crippen molar-refractivity contribution < 1.29 is 14.3 Å². The average Bonchev–Trinajstić information content (AvgIpc) is 2.83. The van der Waals surface area contributed by atoms with Gasteiger partial charge in [-0.2, -0.15) is 0 Å². The van der Waals surface area contributed by atoms with Crippen LogP contribution in [0.1, 0.15) is 17.5 Å². The van der Waals surface area contributed by atoms with E-state index in [0.29, 0.717) is 34.8 Å². The third-order valence-electron chi connectivity index (χ3n) is 4.08. The van der Waals surface area contributed by atoms with Crippen molar-refractivity contribution >= 4 is 34.6 Å². The van der Waals surface area contributed by atoms with E-state index in [1.165, 1.54) is 11.8 Å². The lowest BCUT2D eigenvalue weighted by molar-refractivity contribution is -0.115. The maximum atomic E-state index is 12.3. The Kier molecular flexibility index (Phi) is 4.67. The number of hydrogen-bond acceptors (Lipinski definition) is 5. The monoisotopic (exact) mass is 366 g/mol. The lowest BCUT2D eigenvalue weighted by Gasteiger charge is -2.09. The Morgan fingerprint density at radius 1 is 1.12 bits per heavy atom. The van der Waals surface area contributed by atoms with Crippen LogP contribution in [0.4, 0.5) is 5.69 Å². The number of carbonyl (C=O) groups excluding carboxylic acids is 1. The summed E-state index contributed by atoms with van der Waals surface area (Å²) in [6.45, 7) is 3.23. The Balaban J connectivity index is 1.63. The minimum Gasteiger partial charge on any atom is -0.490 e. The molecule has 0 radical (unpaired) electrons. The third kappa shape index (κ3) is 3.46. The number of carbonyl (C=O) groups is 1. The summed E-state index contributed by atoms with van der Waals surface area (Å²) < 4.78 is 11.5. The molecule has 1 N–H and O–H groups in total. The predicted octanol–water partition coefficient (Wildman–Crippen LogP) is 4.05. The van der Waals surface area contributed by atoms with E-state index in [2.05, 4.69) is 10.3 Å². The quantitative estimate of drug-likeness (QED) is 0.815. The van der Waals surface area contributed by atoms with Gasteiger partial charge in [0.1, 0.15) is 0 Å². The number of aliphatic imine (C=N–C) groups is 1. The minimum atomic E-state index is -0.158. The number of para-hydroxylation sites is 2. The highest BCUT2D eigenvalue weighted by Gasteiger charge is 2.25. The molecule has 2 aliphatic rings. The standard InChI is InChI=1S/C20H18N2O3S/c1-13-6-2-3-8-15(13)21-20-22-19(23)17(26-20)12-14-7-4-9-16-18(14)25-11-5-10-24-16/h2-4,6-9,12H,5,10-11H2,1H3,(H,21,22,23)/b17-12-. The minimum absolute atomic E-state index is 0.158. The molecule has 132 valence electrons. The molecule has 5 nitrogen and oxygen atoms in total. The summed E-state index contributed by atoms with van der Waals surface area (Å²) in [7, 11) is 0. The van der Waals surface area contributed by atoms with Crippen LogP contribution in [0.3, 0.4) is 0 Å². The van der Waals surface area contributed by atoms with Crippen molar-refractivity contribution in [3.63, 3.8) is 0 Å². The molecule has 6 heteroatoms. The summed E-state index contributed by atoms with van der Waals surface area (Å²) in [6.07, 6.45) is 2.67. The first-order valence-electron chi connectivity index (χ1n) is 8.44. The number of hydrogen-bond donors (Lipinski definition) is 1. The van der Waals surface area contributed by atoms with E-state index < -0.39 is 0 Å². The molecular formula is C20H18N2O3S. The van der Waals surface area contributed by atoms with E-state index in [1.807, 2.05) is 55.5 Å². The number of nitrogens with one attached hydrogen (secondary N) is 1. The van der Waals surface area contributed by atoms with Crippen molar-refractivity contribution in [2.24, 2.45) is 4.99 Å². The SMILES string of the molecule is Cc1ccccc1N=C1NC(=O)/C(=C/c2cccc3c2OCCCO3)S1. The predicted molar refractivity (Wildman–Crippen MR) is 104 cm³/mol. The number of ether oxygens (including phenoxy) is 2. The highest BCUT2D eigenvalue weighted by Crippen LogP contribution is 2.37. The zero-order valence-corrected chi connectivity index (χ0v) is 15.1. The summed E-state index contributed by atoms with van der Waals surface area (Å²) in [5.41, 5.74) is 2.74. The maximum Gasteiger partial charge on any atom is 0.264 e. The first kappa shape index (κ1) is 16.7. The van der Waals surface area contributed by atoms with Crippen molar-refractivity contribution in [1.29, 1.82) is 0 Å². The van der Waals surface area contributed by atoms with Gasteiger partial charge in [0.05, 0.1) is 23.8 Å². The number of amidine groups is 1. The fourth-order valence-corrected chi connectivity index (χ4v) is 3.58. The number of benzene rings is 2. The average molecular weight is 366 g/mol. The van der Waals surface area contributed by atoms with Gasteiger partial charge in [0.15, 0.2) is 16.7 Å².